The maximum Gasteiger partial charge on any atom is 0.261 e. The first-order chi connectivity index (χ1) is 6.15. The van der Waals surface area contributed by atoms with Gasteiger partial charge in [-0.3, -0.25) is 9.59 Å². The zero-order valence-electron chi connectivity index (χ0n) is 6.61. The lowest BCUT2D eigenvalue weighted by molar-refractivity contribution is 0.111. The fraction of sp³-hybridized carbons (Fsp3) is 0.250. The number of aldehydes is 1. The number of carbonyl (C=O) groups is 1. The molecule has 0 N–H and O–H groups in total. The van der Waals surface area contributed by atoms with E-state index in [0.29, 0.717) is 6.29 Å². The van der Waals surface area contributed by atoms with E-state index in [2.05, 4.69) is 0 Å². The predicted molar refractivity (Wildman–Crippen MR) is 42.1 cm³/mol. The number of halogens is 2. The van der Waals surface area contributed by atoms with Gasteiger partial charge in [0.2, 0.25) is 0 Å². The summed E-state index contributed by atoms with van der Waals surface area (Å²) in [5.74, 6) is 0. The van der Waals surface area contributed by atoms with E-state index in [1.165, 1.54) is 18.3 Å². The second kappa shape index (κ2) is 3.93. The number of rotatable bonds is 3. The largest absolute Gasteiger partial charge is 0.309 e. The fourth-order valence-electron chi connectivity index (χ4n) is 0.938. The normalized spacial score (nSPS) is 10.4. The Bertz CT molecular complexity index is 359. The molecule has 0 spiro atoms. The van der Waals surface area contributed by atoms with E-state index in [-0.39, 0.29) is 5.56 Å². The van der Waals surface area contributed by atoms with Crippen molar-refractivity contribution in [2.24, 2.45) is 0 Å². The van der Waals surface area contributed by atoms with Gasteiger partial charge >= 0.3 is 0 Å². The number of hydrogen-bond donors (Lipinski definition) is 0. The Morgan fingerprint density at radius 1 is 1.54 bits per heavy atom. The number of hydrogen-bond acceptors (Lipinski definition) is 2. The molecule has 0 aliphatic carbocycles. The van der Waals surface area contributed by atoms with Crippen LogP contribution in [-0.2, 0) is 6.54 Å². The molecule has 0 bridgehead atoms. The molecule has 0 aliphatic heterocycles. The molecular weight excluding hydrogens is 180 g/mol. The highest BCUT2D eigenvalue weighted by Gasteiger charge is 2.07. The molecule has 1 aromatic heterocycles. The van der Waals surface area contributed by atoms with Crippen LogP contribution in [0, 0.1) is 0 Å². The van der Waals surface area contributed by atoms with Crippen molar-refractivity contribution in [1.82, 2.24) is 4.57 Å². The molecule has 0 saturated carbocycles. The summed E-state index contributed by atoms with van der Waals surface area (Å²) >= 11 is 0. The maximum atomic E-state index is 11.9. The molecule has 1 rings (SSSR count). The van der Waals surface area contributed by atoms with Crippen molar-refractivity contribution >= 4 is 6.29 Å². The summed E-state index contributed by atoms with van der Waals surface area (Å²) in [6.45, 7) is -0.680. The lowest BCUT2D eigenvalue weighted by atomic mass is 10.3. The van der Waals surface area contributed by atoms with Crippen molar-refractivity contribution in [1.29, 1.82) is 0 Å². The van der Waals surface area contributed by atoms with Crippen LogP contribution in [0.15, 0.2) is 23.1 Å². The second-order valence-corrected chi connectivity index (χ2v) is 2.43. The van der Waals surface area contributed by atoms with Gasteiger partial charge in [-0.05, 0) is 12.1 Å². The lowest BCUT2D eigenvalue weighted by Gasteiger charge is -2.03. The summed E-state index contributed by atoms with van der Waals surface area (Å²) in [7, 11) is 0. The van der Waals surface area contributed by atoms with Crippen LogP contribution in [0.2, 0.25) is 0 Å². The fourth-order valence-corrected chi connectivity index (χ4v) is 0.938. The van der Waals surface area contributed by atoms with Gasteiger partial charge in [0, 0.05) is 6.20 Å². The summed E-state index contributed by atoms with van der Waals surface area (Å²) in [5.41, 5.74) is -0.791. The Kier molecular flexibility index (Phi) is 2.89. The van der Waals surface area contributed by atoms with Gasteiger partial charge in [-0.2, -0.15) is 0 Å². The molecule has 0 saturated heterocycles. The molecule has 0 atom stereocenters. The van der Waals surface area contributed by atoms with Crippen molar-refractivity contribution in [3.8, 4) is 0 Å². The summed E-state index contributed by atoms with van der Waals surface area (Å²) in [4.78, 5) is 21.4. The Labute approximate surface area is 72.6 Å². The van der Waals surface area contributed by atoms with Crippen LogP contribution in [0.5, 0.6) is 0 Å². The highest BCUT2D eigenvalue weighted by Crippen LogP contribution is 1.96. The minimum absolute atomic E-state index is 0.108. The number of nitrogens with zero attached hydrogens (tertiary/aromatic N) is 1. The molecule has 0 aromatic carbocycles. The predicted octanol–water partition coefficient (Wildman–Crippen LogP) is 0.926. The SMILES string of the molecule is O=Cc1cccn(CC(F)F)c1=O. The Morgan fingerprint density at radius 2 is 2.23 bits per heavy atom. The summed E-state index contributed by atoms with van der Waals surface area (Å²) in [6, 6.07) is 2.67. The molecule has 1 aromatic rings. The van der Waals surface area contributed by atoms with Crippen LogP contribution < -0.4 is 5.56 Å². The highest BCUT2D eigenvalue weighted by molar-refractivity contribution is 5.73. The third kappa shape index (κ3) is 2.21. The Hall–Kier alpha value is -1.52. The highest BCUT2D eigenvalue weighted by atomic mass is 19.3. The minimum atomic E-state index is -2.60. The quantitative estimate of drug-likeness (QED) is 0.660. The topological polar surface area (TPSA) is 39.1 Å². The maximum absolute atomic E-state index is 11.9. The molecule has 0 fully saturated rings. The van der Waals surface area contributed by atoms with Crippen molar-refractivity contribution in [3.63, 3.8) is 0 Å². The third-order valence-corrected chi connectivity index (χ3v) is 1.51. The summed E-state index contributed by atoms with van der Waals surface area (Å²) in [6.07, 6.45) is -1.02. The zero-order chi connectivity index (χ0) is 9.84. The number of carbonyl (C=O) groups excluding carboxylic acids is 1. The number of aromatic nitrogens is 1. The van der Waals surface area contributed by atoms with Gasteiger partial charge in [0.15, 0.2) is 6.29 Å². The van der Waals surface area contributed by atoms with E-state index in [0.717, 1.165) is 4.57 Å². The van der Waals surface area contributed by atoms with E-state index < -0.39 is 18.5 Å². The average Bonchev–Trinajstić information content (AvgIpc) is 2.08. The zero-order valence-corrected chi connectivity index (χ0v) is 6.61. The van der Waals surface area contributed by atoms with Crippen molar-refractivity contribution in [2.45, 2.75) is 13.0 Å². The minimum Gasteiger partial charge on any atom is -0.309 e. The van der Waals surface area contributed by atoms with Crippen LogP contribution in [0.4, 0.5) is 8.78 Å². The van der Waals surface area contributed by atoms with Crippen LogP contribution in [0.25, 0.3) is 0 Å². The molecule has 5 heteroatoms. The molecule has 70 valence electrons. The standard InChI is InChI=1S/C8H7F2NO2/c9-7(10)4-11-3-1-2-6(5-12)8(11)13/h1-3,5,7H,4H2. The van der Waals surface area contributed by atoms with Crippen molar-refractivity contribution in [2.75, 3.05) is 0 Å². The molecule has 13 heavy (non-hydrogen) atoms. The first-order valence-electron chi connectivity index (χ1n) is 3.58. The first kappa shape index (κ1) is 9.57. The van der Waals surface area contributed by atoms with Gasteiger partial charge in [0.05, 0.1) is 12.1 Å². The van der Waals surface area contributed by atoms with Crippen LogP contribution >= 0.6 is 0 Å². The molecular formula is C8H7F2NO2. The molecule has 0 unspecified atom stereocenters. The second-order valence-electron chi connectivity index (χ2n) is 2.43. The van der Waals surface area contributed by atoms with Crippen molar-refractivity contribution < 1.29 is 13.6 Å². The molecule has 3 nitrogen and oxygen atoms in total. The van der Waals surface area contributed by atoms with Gasteiger partial charge in [0.1, 0.15) is 0 Å². The van der Waals surface area contributed by atoms with Gasteiger partial charge < -0.3 is 4.57 Å². The summed E-state index contributed by atoms with van der Waals surface area (Å²) in [5, 5.41) is 0. The van der Waals surface area contributed by atoms with Gasteiger partial charge in [0.25, 0.3) is 12.0 Å². The van der Waals surface area contributed by atoms with Gasteiger partial charge in [-0.25, -0.2) is 8.78 Å². The number of pyridine rings is 1. The first-order valence-corrected chi connectivity index (χ1v) is 3.58. The van der Waals surface area contributed by atoms with Gasteiger partial charge in [-0.15, -0.1) is 0 Å². The van der Waals surface area contributed by atoms with E-state index in [9.17, 15) is 18.4 Å². The molecule has 1 heterocycles. The third-order valence-electron chi connectivity index (χ3n) is 1.51. The van der Waals surface area contributed by atoms with Crippen LogP contribution in [-0.4, -0.2) is 17.3 Å². The van der Waals surface area contributed by atoms with E-state index in [4.69, 9.17) is 0 Å². The lowest BCUT2D eigenvalue weighted by Crippen LogP contribution is -2.25. The molecule has 0 radical (unpaired) electrons. The Balaban J connectivity index is 3.09. The molecule has 0 aliphatic rings. The molecule has 0 amide bonds. The van der Waals surface area contributed by atoms with Gasteiger partial charge in [-0.1, -0.05) is 0 Å². The monoisotopic (exact) mass is 187 g/mol. The van der Waals surface area contributed by atoms with E-state index in [1.807, 2.05) is 0 Å². The van der Waals surface area contributed by atoms with Crippen molar-refractivity contribution in [3.05, 3.63) is 34.2 Å². The van der Waals surface area contributed by atoms with Crippen LogP contribution in [0.3, 0.4) is 0 Å². The smallest absolute Gasteiger partial charge is 0.261 e. The number of alkyl halides is 2. The average molecular weight is 187 g/mol. The Morgan fingerprint density at radius 3 is 2.77 bits per heavy atom. The van der Waals surface area contributed by atoms with Crippen LogP contribution in [0.1, 0.15) is 10.4 Å². The van der Waals surface area contributed by atoms with E-state index in [1.54, 1.807) is 0 Å². The van der Waals surface area contributed by atoms with E-state index >= 15 is 0 Å². The summed E-state index contributed by atoms with van der Waals surface area (Å²) < 4.78 is 24.6.